The van der Waals surface area contributed by atoms with Gasteiger partial charge < -0.3 is 0 Å². The number of hydrogen-bond donors (Lipinski definition) is 0. The molecule has 5 aromatic rings. The molecule has 1 aliphatic carbocycles. The summed E-state index contributed by atoms with van der Waals surface area (Å²) in [5.74, 6) is 0.419. The van der Waals surface area contributed by atoms with Crippen molar-refractivity contribution in [1.29, 1.82) is 0 Å². The lowest BCUT2D eigenvalue weighted by Crippen LogP contribution is -1.89. The van der Waals surface area contributed by atoms with E-state index in [4.69, 9.17) is 0 Å². The second kappa shape index (κ2) is 8.17. The topological polar surface area (TPSA) is 0 Å². The summed E-state index contributed by atoms with van der Waals surface area (Å²) in [6.45, 7) is 2.32. The maximum Gasteiger partial charge on any atom is 0.0175 e. The number of benzene rings is 5. The molecule has 33 heavy (non-hydrogen) atoms. The van der Waals surface area contributed by atoms with Gasteiger partial charge in [0.1, 0.15) is 0 Å². The molecule has 1 heteroatoms. The standard InChI is InChI=1S/C32H23Br/c1-21-29-16-12-26(22-6-3-2-4-7-22)19-31(29)32-20-27(13-17-30(21)32)25-9-5-8-24(18-25)23-10-14-28(33)15-11-23/h2-21H,1H3. The van der Waals surface area contributed by atoms with Crippen molar-refractivity contribution in [2.24, 2.45) is 0 Å². The van der Waals surface area contributed by atoms with Crippen LogP contribution in [-0.2, 0) is 0 Å². The van der Waals surface area contributed by atoms with Gasteiger partial charge in [-0.15, -0.1) is 0 Å². The van der Waals surface area contributed by atoms with E-state index < -0.39 is 0 Å². The first-order valence-electron chi connectivity index (χ1n) is 11.4. The van der Waals surface area contributed by atoms with Crippen LogP contribution >= 0.6 is 15.9 Å². The Morgan fingerprint density at radius 2 is 0.909 bits per heavy atom. The highest BCUT2D eigenvalue weighted by atomic mass is 79.9. The molecule has 0 saturated carbocycles. The third-order valence-electron chi connectivity index (χ3n) is 6.81. The summed E-state index contributed by atoms with van der Waals surface area (Å²) in [7, 11) is 0. The van der Waals surface area contributed by atoms with Crippen LogP contribution in [0.1, 0.15) is 24.0 Å². The number of hydrogen-bond acceptors (Lipinski definition) is 0. The Balaban J connectivity index is 1.43. The van der Waals surface area contributed by atoms with Crippen molar-refractivity contribution in [3.8, 4) is 44.5 Å². The second-order valence-corrected chi connectivity index (χ2v) is 9.70. The summed E-state index contributed by atoms with van der Waals surface area (Å²) in [6, 6.07) is 42.0. The van der Waals surface area contributed by atoms with Crippen LogP contribution in [0, 0.1) is 0 Å². The molecular formula is C32H23Br. The average Bonchev–Trinajstić information content (AvgIpc) is 3.16. The minimum absolute atomic E-state index is 0.419. The van der Waals surface area contributed by atoms with Crippen LogP contribution in [0.5, 0.6) is 0 Å². The molecule has 0 spiro atoms. The lowest BCUT2D eigenvalue weighted by molar-refractivity contribution is 0.957. The molecule has 0 bridgehead atoms. The third kappa shape index (κ3) is 3.63. The first-order chi connectivity index (χ1) is 16.2. The smallest absolute Gasteiger partial charge is 0.0175 e. The molecule has 1 unspecified atom stereocenters. The van der Waals surface area contributed by atoms with Crippen LogP contribution < -0.4 is 0 Å². The van der Waals surface area contributed by atoms with Gasteiger partial charge in [0, 0.05) is 10.4 Å². The van der Waals surface area contributed by atoms with Crippen molar-refractivity contribution in [3.05, 3.63) is 131 Å². The van der Waals surface area contributed by atoms with Crippen molar-refractivity contribution in [1.82, 2.24) is 0 Å². The number of halogens is 1. The van der Waals surface area contributed by atoms with Crippen LogP contribution in [0.4, 0.5) is 0 Å². The molecule has 0 radical (unpaired) electrons. The predicted molar refractivity (Wildman–Crippen MR) is 143 cm³/mol. The van der Waals surface area contributed by atoms with Gasteiger partial charge in [-0.25, -0.2) is 0 Å². The predicted octanol–water partition coefficient (Wildman–Crippen LogP) is 9.58. The van der Waals surface area contributed by atoms with Crippen LogP contribution in [0.3, 0.4) is 0 Å². The summed E-state index contributed by atoms with van der Waals surface area (Å²) >= 11 is 3.54. The van der Waals surface area contributed by atoms with E-state index in [9.17, 15) is 0 Å². The van der Waals surface area contributed by atoms with Crippen molar-refractivity contribution in [3.63, 3.8) is 0 Å². The zero-order chi connectivity index (χ0) is 22.4. The van der Waals surface area contributed by atoms with Crippen LogP contribution in [0.2, 0.25) is 0 Å². The molecule has 0 aromatic heterocycles. The third-order valence-corrected chi connectivity index (χ3v) is 7.34. The fourth-order valence-corrected chi connectivity index (χ4v) is 5.28. The van der Waals surface area contributed by atoms with E-state index in [1.54, 1.807) is 0 Å². The largest absolute Gasteiger partial charge is 0.0622 e. The van der Waals surface area contributed by atoms with E-state index in [0.29, 0.717) is 5.92 Å². The first-order valence-corrected chi connectivity index (χ1v) is 12.2. The van der Waals surface area contributed by atoms with Crippen molar-refractivity contribution in [2.75, 3.05) is 0 Å². The van der Waals surface area contributed by atoms with Crippen LogP contribution in [-0.4, -0.2) is 0 Å². The normalized spacial score (nSPS) is 14.1. The molecule has 158 valence electrons. The minimum atomic E-state index is 0.419. The van der Waals surface area contributed by atoms with Gasteiger partial charge in [0.2, 0.25) is 0 Å². The van der Waals surface area contributed by atoms with E-state index in [1.807, 2.05) is 0 Å². The molecule has 5 aromatic carbocycles. The Morgan fingerprint density at radius 1 is 0.455 bits per heavy atom. The Bertz CT molecular complexity index is 1460. The highest BCUT2D eigenvalue weighted by Gasteiger charge is 2.26. The molecule has 0 aliphatic heterocycles. The fraction of sp³-hybridized carbons (Fsp3) is 0.0625. The Kier molecular flexibility index (Phi) is 5.00. The molecule has 1 aliphatic rings. The summed E-state index contributed by atoms with van der Waals surface area (Å²) in [5.41, 5.74) is 13.1. The fourth-order valence-electron chi connectivity index (χ4n) is 5.01. The Hall–Kier alpha value is -3.42. The highest BCUT2D eigenvalue weighted by Crippen LogP contribution is 2.47. The maximum absolute atomic E-state index is 3.54. The zero-order valence-corrected chi connectivity index (χ0v) is 20.0. The SMILES string of the molecule is CC1c2ccc(-c3ccccc3)cc2-c2cc(-c3cccc(-c4ccc(Br)cc4)c3)ccc21. The van der Waals surface area contributed by atoms with Gasteiger partial charge in [-0.2, -0.15) is 0 Å². The zero-order valence-electron chi connectivity index (χ0n) is 18.4. The summed E-state index contributed by atoms with van der Waals surface area (Å²) in [6.07, 6.45) is 0. The van der Waals surface area contributed by atoms with Gasteiger partial charge in [0.15, 0.2) is 0 Å². The van der Waals surface area contributed by atoms with Gasteiger partial charge in [0.05, 0.1) is 0 Å². The lowest BCUT2D eigenvalue weighted by Gasteiger charge is -2.10. The maximum atomic E-state index is 3.54. The van der Waals surface area contributed by atoms with Gasteiger partial charge in [-0.05, 0) is 86.0 Å². The van der Waals surface area contributed by atoms with Gasteiger partial charge in [0.25, 0.3) is 0 Å². The number of fused-ring (bicyclic) bond motifs is 3. The molecule has 0 N–H and O–H groups in total. The molecular weight excluding hydrogens is 464 g/mol. The quantitative estimate of drug-likeness (QED) is 0.238. The molecule has 0 saturated heterocycles. The van der Waals surface area contributed by atoms with Crippen LogP contribution in [0.25, 0.3) is 44.5 Å². The average molecular weight is 487 g/mol. The van der Waals surface area contributed by atoms with E-state index in [0.717, 1.165) is 4.47 Å². The molecule has 1 atom stereocenters. The van der Waals surface area contributed by atoms with Gasteiger partial charge >= 0.3 is 0 Å². The summed E-state index contributed by atoms with van der Waals surface area (Å²) < 4.78 is 1.10. The number of rotatable bonds is 3. The molecule has 6 rings (SSSR count). The van der Waals surface area contributed by atoms with Crippen LogP contribution in [0.15, 0.2) is 120 Å². The van der Waals surface area contributed by atoms with E-state index in [1.165, 1.54) is 55.6 Å². The summed E-state index contributed by atoms with van der Waals surface area (Å²) in [4.78, 5) is 0. The first kappa shape index (κ1) is 20.2. The van der Waals surface area contributed by atoms with Gasteiger partial charge in [-0.3, -0.25) is 0 Å². The van der Waals surface area contributed by atoms with Crippen molar-refractivity contribution in [2.45, 2.75) is 12.8 Å². The Labute approximate surface area is 203 Å². The van der Waals surface area contributed by atoms with Crippen molar-refractivity contribution >= 4 is 15.9 Å². The van der Waals surface area contributed by atoms with E-state index in [2.05, 4.69) is 138 Å². The van der Waals surface area contributed by atoms with Crippen molar-refractivity contribution < 1.29 is 0 Å². The lowest BCUT2D eigenvalue weighted by atomic mass is 9.94. The molecule has 0 fully saturated rings. The molecule has 0 nitrogen and oxygen atoms in total. The molecule has 0 heterocycles. The van der Waals surface area contributed by atoms with Gasteiger partial charge in [-0.1, -0.05) is 108 Å². The minimum Gasteiger partial charge on any atom is -0.0622 e. The van der Waals surface area contributed by atoms with E-state index >= 15 is 0 Å². The second-order valence-electron chi connectivity index (χ2n) is 8.78. The monoisotopic (exact) mass is 486 g/mol. The van der Waals surface area contributed by atoms with E-state index in [-0.39, 0.29) is 0 Å². The Morgan fingerprint density at radius 3 is 1.55 bits per heavy atom. The highest BCUT2D eigenvalue weighted by molar-refractivity contribution is 9.10. The molecule has 0 amide bonds. The summed E-state index contributed by atoms with van der Waals surface area (Å²) in [5, 5.41) is 0.